The van der Waals surface area contributed by atoms with Crippen molar-refractivity contribution in [3.63, 3.8) is 0 Å². The number of allylic oxidation sites excluding steroid dienone is 1. The summed E-state index contributed by atoms with van der Waals surface area (Å²) in [7, 11) is 0. The topological polar surface area (TPSA) is 0 Å². The Bertz CT molecular complexity index is 746. The van der Waals surface area contributed by atoms with Crippen molar-refractivity contribution in [1.29, 1.82) is 0 Å². The van der Waals surface area contributed by atoms with Gasteiger partial charge in [0.05, 0.1) is 3.39 Å². The summed E-state index contributed by atoms with van der Waals surface area (Å²) in [6.45, 7) is 2.26. The van der Waals surface area contributed by atoms with Gasteiger partial charge in [0.1, 0.15) is 0 Å². The second-order valence-electron chi connectivity index (χ2n) is 8.63. The van der Waals surface area contributed by atoms with Gasteiger partial charge in [0, 0.05) is 0 Å². The van der Waals surface area contributed by atoms with E-state index in [-0.39, 0.29) is 0 Å². The van der Waals surface area contributed by atoms with Crippen LogP contribution in [0.4, 0.5) is 0 Å². The highest BCUT2D eigenvalue weighted by atomic mass is 79.9. The van der Waals surface area contributed by atoms with Crippen molar-refractivity contribution in [1.82, 2.24) is 0 Å². The van der Waals surface area contributed by atoms with E-state index in [9.17, 15) is 0 Å². The fourth-order valence-electron chi connectivity index (χ4n) is 4.50. The van der Waals surface area contributed by atoms with Crippen molar-refractivity contribution in [3.05, 3.63) is 69.1 Å². The lowest BCUT2D eigenvalue weighted by Crippen LogP contribution is -2.13. The molecule has 2 aromatic carbocycles. The number of benzene rings is 2. The normalized spacial score (nSPS) is 19.1. The molecule has 0 N–H and O–H groups in total. The van der Waals surface area contributed by atoms with Gasteiger partial charge in [-0.15, -0.1) is 0 Å². The summed E-state index contributed by atoms with van der Waals surface area (Å²) < 4.78 is 1.11. The number of hydrogen-bond donors (Lipinski definition) is 0. The average Bonchev–Trinajstić information content (AvgIpc) is 2.74. The molecule has 1 aliphatic carbocycles. The van der Waals surface area contributed by atoms with Crippen molar-refractivity contribution in [2.45, 2.75) is 71.1 Å². The summed E-state index contributed by atoms with van der Waals surface area (Å²) in [5.74, 6) is 1.64. The molecule has 0 heterocycles. The predicted molar refractivity (Wildman–Crippen MR) is 135 cm³/mol. The average molecular weight is 518 g/mol. The van der Waals surface area contributed by atoms with Crippen LogP contribution >= 0.6 is 31.9 Å². The lowest BCUT2D eigenvalue weighted by molar-refractivity contribution is 0.296. The Morgan fingerprint density at radius 3 is 1.86 bits per heavy atom. The highest BCUT2D eigenvalue weighted by molar-refractivity contribution is 9.28. The summed E-state index contributed by atoms with van der Waals surface area (Å²) in [6, 6.07) is 18.5. The maximum Gasteiger partial charge on any atom is 0.0567 e. The van der Waals surface area contributed by atoms with Crippen LogP contribution in [-0.4, -0.2) is 0 Å². The van der Waals surface area contributed by atoms with Crippen molar-refractivity contribution < 1.29 is 0 Å². The molecule has 156 valence electrons. The molecule has 2 heteroatoms. The summed E-state index contributed by atoms with van der Waals surface area (Å²) >= 11 is 7.01. The third-order valence-electron chi connectivity index (χ3n) is 6.40. The van der Waals surface area contributed by atoms with E-state index in [0.717, 1.165) is 15.2 Å². The maximum atomic E-state index is 3.50. The zero-order valence-corrected chi connectivity index (χ0v) is 20.8. The van der Waals surface area contributed by atoms with E-state index in [0.29, 0.717) is 0 Å². The summed E-state index contributed by atoms with van der Waals surface area (Å²) in [5.41, 5.74) is 5.62. The van der Waals surface area contributed by atoms with Crippen LogP contribution < -0.4 is 0 Å². The Hall–Kier alpha value is -0.860. The van der Waals surface area contributed by atoms with Gasteiger partial charge in [-0.05, 0) is 117 Å². The van der Waals surface area contributed by atoms with Crippen LogP contribution in [0.2, 0.25) is 0 Å². The summed E-state index contributed by atoms with van der Waals surface area (Å²) in [5, 5.41) is 0. The first-order chi connectivity index (χ1) is 14.1. The van der Waals surface area contributed by atoms with Gasteiger partial charge in [-0.2, -0.15) is 0 Å². The highest BCUT2D eigenvalue weighted by Crippen LogP contribution is 2.34. The molecule has 0 unspecified atom stereocenters. The maximum absolute atomic E-state index is 3.50. The second-order valence-corrected chi connectivity index (χ2v) is 11.4. The molecule has 29 heavy (non-hydrogen) atoms. The van der Waals surface area contributed by atoms with Crippen LogP contribution in [0.25, 0.3) is 11.1 Å². The lowest BCUT2D eigenvalue weighted by atomic mass is 9.79. The van der Waals surface area contributed by atoms with Crippen LogP contribution in [0.3, 0.4) is 0 Å². The van der Waals surface area contributed by atoms with Crippen LogP contribution in [-0.2, 0) is 12.8 Å². The van der Waals surface area contributed by atoms with Gasteiger partial charge in [-0.1, -0.05) is 74.4 Å². The minimum Gasteiger partial charge on any atom is -0.0654 e. The molecule has 0 saturated heterocycles. The fraction of sp³-hybridized carbons (Fsp3) is 0.481. The van der Waals surface area contributed by atoms with Gasteiger partial charge in [0.15, 0.2) is 0 Å². The first kappa shape index (κ1) is 22.8. The number of unbranched alkanes of at least 4 members (excludes halogenated alkanes) is 2. The SMILES string of the molecule is CCCCCc1ccc(-c2ccc(CC[C@H]3CC[C@H](C=C(Br)Br)CC3)cc2)cc1. The van der Waals surface area contributed by atoms with E-state index in [1.807, 2.05) is 0 Å². The van der Waals surface area contributed by atoms with Gasteiger partial charge in [-0.3, -0.25) is 0 Å². The third-order valence-corrected chi connectivity index (χ3v) is 6.93. The third kappa shape index (κ3) is 7.72. The van der Waals surface area contributed by atoms with Crippen LogP contribution in [0.15, 0.2) is 58.0 Å². The fourth-order valence-corrected chi connectivity index (χ4v) is 5.25. The van der Waals surface area contributed by atoms with Gasteiger partial charge >= 0.3 is 0 Å². The molecule has 0 atom stereocenters. The van der Waals surface area contributed by atoms with Crippen LogP contribution in [0.5, 0.6) is 0 Å². The zero-order chi connectivity index (χ0) is 20.5. The number of aryl methyl sites for hydroxylation is 2. The smallest absolute Gasteiger partial charge is 0.0567 e. The van der Waals surface area contributed by atoms with E-state index in [4.69, 9.17) is 0 Å². The van der Waals surface area contributed by atoms with Gasteiger partial charge in [-0.25, -0.2) is 0 Å². The minimum atomic E-state index is 0.748. The van der Waals surface area contributed by atoms with E-state index >= 15 is 0 Å². The Balaban J connectivity index is 1.46. The van der Waals surface area contributed by atoms with E-state index in [1.165, 1.54) is 86.5 Å². The van der Waals surface area contributed by atoms with Crippen molar-refractivity contribution in [3.8, 4) is 11.1 Å². The number of hydrogen-bond acceptors (Lipinski definition) is 0. The molecule has 0 radical (unpaired) electrons. The Kier molecular flexibility index (Phi) is 9.52. The Morgan fingerprint density at radius 2 is 1.34 bits per heavy atom. The number of halogens is 2. The molecule has 0 aromatic heterocycles. The molecular weight excluding hydrogens is 484 g/mol. The minimum absolute atomic E-state index is 0.748. The highest BCUT2D eigenvalue weighted by Gasteiger charge is 2.19. The Morgan fingerprint density at radius 1 is 0.793 bits per heavy atom. The monoisotopic (exact) mass is 516 g/mol. The predicted octanol–water partition coefficient (Wildman–Crippen LogP) is 9.46. The molecule has 1 aliphatic rings. The van der Waals surface area contributed by atoms with Crippen LogP contribution in [0, 0.1) is 11.8 Å². The van der Waals surface area contributed by atoms with Gasteiger partial charge < -0.3 is 0 Å². The molecule has 0 bridgehead atoms. The molecule has 0 spiro atoms. The molecular formula is C27H34Br2. The molecule has 0 aliphatic heterocycles. The molecule has 3 rings (SSSR count). The first-order valence-electron chi connectivity index (χ1n) is 11.3. The van der Waals surface area contributed by atoms with Crippen molar-refractivity contribution >= 4 is 31.9 Å². The summed E-state index contributed by atoms with van der Waals surface area (Å²) in [4.78, 5) is 0. The molecule has 0 amide bonds. The molecule has 1 fully saturated rings. The first-order valence-corrected chi connectivity index (χ1v) is 12.9. The summed E-state index contributed by atoms with van der Waals surface area (Å²) in [6.07, 6.45) is 15.4. The van der Waals surface area contributed by atoms with E-state index < -0.39 is 0 Å². The van der Waals surface area contributed by atoms with Crippen LogP contribution in [0.1, 0.15) is 69.4 Å². The van der Waals surface area contributed by atoms with E-state index in [1.54, 1.807) is 0 Å². The van der Waals surface area contributed by atoms with Gasteiger partial charge in [0.25, 0.3) is 0 Å². The lowest BCUT2D eigenvalue weighted by Gasteiger charge is -2.26. The zero-order valence-electron chi connectivity index (χ0n) is 17.7. The standard InChI is InChI=1S/C27H34Br2/c1-2-3-4-5-21-12-16-25(17-13-21)26-18-14-23(15-19-26)7-6-22-8-10-24(11-9-22)20-27(28)29/h12-20,22,24H,2-11H2,1H3/t22-,24-. The van der Waals surface area contributed by atoms with Gasteiger partial charge in [0.2, 0.25) is 0 Å². The van der Waals surface area contributed by atoms with E-state index in [2.05, 4.69) is 93.4 Å². The largest absolute Gasteiger partial charge is 0.0654 e. The molecule has 2 aromatic rings. The molecule has 0 nitrogen and oxygen atoms in total. The van der Waals surface area contributed by atoms with Crippen molar-refractivity contribution in [2.24, 2.45) is 11.8 Å². The second kappa shape index (κ2) is 12.1. The van der Waals surface area contributed by atoms with Crippen molar-refractivity contribution in [2.75, 3.05) is 0 Å². The Labute approximate surface area is 194 Å². The number of rotatable bonds is 9. The molecule has 1 saturated carbocycles. The quantitative estimate of drug-likeness (QED) is 0.290.